The topological polar surface area (TPSA) is 75.8 Å². The van der Waals surface area contributed by atoms with Crippen molar-refractivity contribution in [2.24, 2.45) is 10.2 Å². The van der Waals surface area contributed by atoms with Gasteiger partial charge in [0.2, 0.25) is 5.88 Å². The Bertz CT molecular complexity index is 1050. The predicted octanol–water partition coefficient (Wildman–Crippen LogP) is 1.30. The normalized spacial score (nSPS) is 19.8. The Kier molecular flexibility index (Phi) is 5.62. The molecule has 29 heavy (non-hydrogen) atoms. The summed E-state index contributed by atoms with van der Waals surface area (Å²) in [7, 11) is 2.20. The number of aromatic nitrogens is 1. The van der Waals surface area contributed by atoms with Crippen LogP contribution in [0.15, 0.2) is 58.8 Å². The fourth-order valence-corrected chi connectivity index (χ4v) is 3.81. The summed E-state index contributed by atoms with van der Waals surface area (Å²) in [5, 5.41) is 20.2. The van der Waals surface area contributed by atoms with E-state index in [-0.39, 0.29) is 5.88 Å². The van der Waals surface area contributed by atoms with Gasteiger partial charge in [0.1, 0.15) is 26.2 Å². The van der Waals surface area contributed by atoms with E-state index in [0.29, 0.717) is 22.9 Å². The molecule has 0 spiro atoms. The first-order valence-electron chi connectivity index (χ1n) is 9.69. The Labute approximate surface area is 173 Å². The first-order chi connectivity index (χ1) is 14.0. The number of para-hydroxylation sites is 1. The van der Waals surface area contributed by atoms with E-state index in [0.717, 1.165) is 37.1 Å². The van der Waals surface area contributed by atoms with Crippen molar-refractivity contribution in [3.8, 4) is 5.88 Å². The van der Waals surface area contributed by atoms with Crippen LogP contribution in [0.4, 0.5) is 5.69 Å². The van der Waals surface area contributed by atoms with E-state index >= 15 is 0 Å². The number of azo groups is 1. The van der Waals surface area contributed by atoms with Crippen LogP contribution in [0.5, 0.6) is 5.88 Å². The van der Waals surface area contributed by atoms with Gasteiger partial charge >= 0.3 is 0 Å². The van der Waals surface area contributed by atoms with Crippen LogP contribution in [-0.2, 0) is 6.67 Å². The van der Waals surface area contributed by atoms with E-state index in [1.807, 2.05) is 28.8 Å². The molecule has 1 aliphatic heterocycles. The molecule has 0 unspecified atom stereocenters. The average molecular weight is 414 g/mol. The molecule has 0 aliphatic carbocycles. The quantitative estimate of drug-likeness (QED) is 0.564. The van der Waals surface area contributed by atoms with Crippen molar-refractivity contribution in [2.75, 3.05) is 33.2 Å². The number of carbonyl (C=O) groups is 1. The van der Waals surface area contributed by atoms with E-state index in [1.54, 1.807) is 24.3 Å². The molecule has 7 nitrogen and oxygen atoms in total. The van der Waals surface area contributed by atoms with Gasteiger partial charge in [-0.25, -0.2) is 0 Å². The molecule has 1 amide bonds. The van der Waals surface area contributed by atoms with E-state index in [2.05, 4.69) is 17.3 Å². The number of quaternary nitrogens is 2. The molecule has 2 aromatic carbocycles. The Hall–Kier alpha value is -2.74. The standard InChI is InChI=1S/C21H22ClN5O2/c1-25-10-12-26(13-11-25)14-27-18-5-3-2-4-17(18)19(21(27)29)23-24-20(28)15-6-8-16(22)9-7-15/h2-9,29H,10-14H2,1H3/p+2. The molecule has 0 saturated carbocycles. The van der Waals surface area contributed by atoms with Gasteiger partial charge in [-0.1, -0.05) is 29.8 Å². The van der Waals surface area contributed by atoms with Crippen molar-refractivity contribution < 1.29 is 19.7 Å². The number of aromatic hydroxyl groups is 1. The molecular formula is C21H24ClN5O2+2. The van der Waals surface area contributed by atoms with Gasteiger partial charge in [0.25, 0.3) is 5.91 Å². The molecular weight excluding hydrogens is 390 g/mol. The maximum atomic E-state index is 12.3. The Morgan fingerprint density at radius 3 is 2.52 bits per heavy atom. The minimum atomic E-state index is -0.481. The van der Waals surface area contributed by atoms with Crippen molar-refractivity contribution >= 4 is 34.1 Å². The number of hydrogen-bond acceptors (Lipinski definition) is 3. The highest BCUT2D eigenvalue weighted by Crippen LogP contribution is 2.38. The lowest BCUT2D eigenvalue weighted by molar-refractivity contribution is -1.01. The summed E-state index contributed by atoms with van der Waals surface area (Å²) >= 11 is 5.86. The summed E-state index contributed by atoms with van der Waals surface area (Å²) in [5.41, 5.74) is 1.60. The number of nitrogens with one attached hydrogen (secondary N) is 2. The maximum Gasteiger partial charge on any atom is 0.295 e. The van der Waals surface area contributed by atoms with Crippen molar-refractivity contribution in [2.45, 2.75) is 6.67 Å². The number of hydrogen-bond donors (Lipinski definition) is 3. The van der Waals surface area contributed by atoms with Gasteiger partial charge in [0.05, 0.1) is 12.6 Å². The zero-order valence-corrected chi connectivity index (χ0v) is 17.0. The minimum absolute atomic E-state index is 0.0395. The monoisotopic (exact) mass is 413 g/mol. The van der Waals surface area contributed by atoms with E-state index < -0.39 is 5.91 Å². The molecule has 8 heteroatoms. The third-order valence-corrected chi connectivity index (χ3v) is 5.69. The lowest BCUT2D eigenvalue weighted by Gasteiger charge is -2.27. The van der Waals surface area contributed by atoms with Gasteiger partial charge in [0, 0.05) is 16.0 Å². The number of fused-ring (bicyclic) bond motifs is 1. The number of nitrogens with zero attached hydrogens (tertiary/aromatic N) is 3. The molecule has 0 bridgehead atoms. The second-order valence-corrected chi connectivity index (χ2v) is 7.93. The molecule has 3 aromatic rings. The highest BCUT2D eigenvalue weighted by Gasteiger charge is 2.24. The smallest absolute Gasteiger partial charge is 0.295 e. The van der Waals surface area contributed by atoms with Gasteiger partial charge in [0.15, 0.2) is 12.4 Å². The zero-order chi connectivity index (χ0) is 20.4. The summed E-state index contributed by atoms with van der Waals surface area (Å²) < 4.78 is 1.87. The number of likely N-dealkylation sites (N-methyl/N-ethyl adjacent to an activating group) is 1. The summed E-state index contributed by atoms with van der Waals surface area (Å²) in [6.07, 6.45) is 0. The van der Waals surface area contributed by atoms with Crippen molar-refractivity contribution in [1.29, 1.82) is 0 Å². The Morgan fingerprint density at radius 2 is 1.79 bits per heavy atom. The van der Waals surface area contributed by atoms with Crippen LogP contribution in [-0.4, -0.2) is 48.8 Å². The summed E-state index contributed by atoms with van der Waals surface area (Å²) in [5.74, 6) is -0.441. The van der Waals surface area contributed by atoms with Gasteiger partial charge in [-0.15, -0.1) is 10.2 Å². The average Bonchev–Trinajstić information content (AvgIpc) is 2.99. The van der Waals surface area contributed by atoms with E-state index in [1.165, 1.54) is 9.80 Å². The molecule has 0 radical (unpaired) electrons. The third-order valence-electron chi connectivity index (χ3n) is 5.44. The van der Waals surface area contributed by atoms with Crippen molar-refractivity contribution in [3.63, 3.8) is 0 Å². The fraction of sp³-hybridized carbons (Fsp3) is 0.286. The largest absolute Gasteiger partial charge is 0.493 e. The molecule has 1 aromatic heterocycles. The highest BCUT2D eigenvalue weighted by molar-refractivity contribution is 6.30. The van der Waals surface area contributed by atoms with Gasteiger partial charge in [-0.05, 0) is 30.3 Å². The van der Waals surface area contributed by atoms with Gasteiger partial charge in [-0.3, -0.25) is 9.36 Å². The number of amides is 1. The van der Waals surface area contributed by atoms with Gasteiger partial charge < -0.3 is 14.9 Å². The maximum absolute atomic E-state index is 12.3. The molecule has 0 atom stereocenters. The third kappa shape index (κ3) is 4.17. The van der Waals surface area contributed by atoms with Crippen molar-refractivity contribution in [1.82, 2.24) is 4.57 Å². The van der Waals surface area contributed by atoms with Crippen molar-refractivity contribution in [3.05, 3.63) is 59.1 Å². The Balaban J connectivity index is 1.63. The second kappa shape index (κ2) is 8.32. The lowest BCUT2D eigenvalue weighted by atomic mass is 10.2. The predicted molar refractivity (Wildman–Crippen MR) is 111 cm³/mol. The first kappa shape index (κ1) is 19.6. The number of piperazine rings is 1. The SMILES string of the molecule is C[NH+]1CC[NH+](Cn2c(O)c(N=NC(=O)c3ccc(Cl)cc3)c3ccccc32)CC1. The molecule has 4 rings (SSSR count). The van der Waals surface area contributed by atoms with Crippen LogP contribution in [0.1, 0.15) is 10.4 Å². The summed E-state index contributed by atoms with van der Waals surface area (Å²) in [6, 6.07) is 14.1. The molecule has 1 saturated heterocycles. The molecule has 1 aliphatic rings. The fourth-order valence-electron chi connectivity index (χ4n) is 3.69. The second-order valence-electron chi connectivity index (χ2n) is 7.49. The van der Waals surface area contributed by atoms with Crippen LogP contribution in [0, 0.1) is 0 Å². The summed E-state index contributed by atoms with van der Waals surface area (Å²) in [6.45, 7) is 4.96. The summed E-state index contributed by atoms with van der Waals surface area (Å²) in [4.78, 5) is 15.3. The Morgan fingerprint density at radius 1 is 1.10 bits per heavy atom. The zero-order valence-electron chi connectivity index (χ0n) is 16.2. The minimum Gasteiger partial charge on any atom is -0.493 e. The van der Waals surface area contributed by atoms with Crippen LogP contribution in [0.3, 0.4) is 0 Å². The number of benzene rings is 2. The lowest BCUT2D eigenvalue weighted by Crippen LogP contribution is -3.26. The molecule has 2 heterocycles. The first-order valence-corrected chi connectivity index (χ1v) is 10.1. The van der Waals surface area contributed by atoms with Gasteiger partial charge in [-0.2, -0.15) is 0 Å². The van der Waals surface area contributed by atoms with Crippen LogP contribution in [0.2, 0.25) is 5.02 Å². The number of rotatable bonds is 4. The van der Waals surface area contributed by atoms with Crippen LogP contribution >= 0.6 is 11.6 Å². The molecule has 3 N–H and O–H groups in total. The number of carbonyl (C=O) groups excluding carboxylic acids is 1. The molecule has 1 fully saturated rings. The highest BCUT2D eigenvalue weighted by atomic mass is 35.5. The van der Waals surface area contributed by atoms with E-state index in [9.17, 15) is 9.90 Å². The van der Waals surface area contributed by atoms with E-state index in [4.69, 9.17) is 11.6 Å². The van der Waals surface area contributed by atoms with Crippen LogP contribution < -0.4 is 9.80 Å². The van der Waals surface area contributed by atoms with Crippen LogP contribution in [0.25, 0.3) is 10.9 Å². The molecule has 150 valence electrons. The number of halogens is 1.